The fourth-order valence-electron chi connectivity index (χ4n) is 0.746. The minimum atomic E-state index is -4.93. The smallest absolute Gasteiger partial charge is 0.444 e. The minimum absolute atomic E-state index is 0. The number of pyridine rings is 1. The second-order valence-electron chi connectivity index (χ2n) is 2.28. The summed E-state index contributed by atoms with van der Waals surface area (Å²) in [5.41, 5.74) is -0.383. The van der Waals surface area contributed by atoms with E-state index in [9.17, 15) is 12.9 Å². The van der Waals surface area contributed by atoms with Gasteiger partial charge in [0.05, 0.1) is 0 Å². The molecule has 0 bridgehead atoms. The summed E-state index contributed by atoms with van der Waals surface area (Å²) < 4.78 is 35.9. The Morgan fingerprint density at radius 1 is 1.25 bits per heavy atom. The Hall–Kier alpha value is 0.641. The maximum Gasteiger partial charge on any atom is 1.00 e. The summed E-state index contributed by atoms with van der Waals surface area (Å²) in [6, 6.07) is 3.87. The number of halogens is 3. The fraction of sp³-hybridized carbons (Fsp3) is 0.167. The Bertz CT molecular complexity index is 263. The van der Waals surface area contributed by atoms with Gasteiger partial charge in [-0.05, 0) is 18.6 Å². The van der Waals surface area contributed by atoms with Gasteiger partial charge in [0.2, 0.25) is 0 Å². The van der Waals surface area contributed by atoms with Crippen LogP contribution in [0, 0.1) is 6.92 Å². The van der Waals surface area contributed by atoms with Crippen LogP contribution in [0.1, 0.15) is 5.69 Å². The predicted octanol–water partition coefficient (Wildman–Crippen LogP) is -1.55. The first-order chi connectivity index (χ1) is 5.00. The summed E-state index contributed by atoms with van der Waals surface area (Å²) in [4.78, 5) is 3.35. The van der Waals surface area contributed by atoms with Crippen LogP contribution in [-0.4, -0.2) is 12.0 Å². The molecule has 1 aromatic heterocycles. The number of aromatic nitrogens is 1. The molecule has 0 unspecified atom stereocenters. The summed E-state index contributed by atoms with van der Waals surface area (Å²) in [6.45, 7) is -3.40. The molecule has 1 aromatic rings. The summed E-state index contributed by atoms with van der Waals surface area (Å²) in [7, 11) is 0. The normalized spacial score (nSPS) is 10.7. The topological polar surface area (TPSA) is 12.9 Å². The van der Waals surface area contributed by atoms with Gasteiger partial charge in [0.1, 0.15) is 0 Å². The van der Waals surface area contributed by atoms with E-state index >= 15 is 0 Å². The molecule has 0 N–H and O–H groups in total. The average molecular weight is 199 g/mol. The van der Waals surface area contributed by atoms with Crippen molar-refractivity contribution in [2.75, 3.05) is 0 Å². The van der Waals surface area contributed by atoms with Crippen molar-refractivity contribution in [2.24, 2.45) is 0 Å². The van der Waals surface area contributed by atoms with Crippen LogP contribution in [0.4, 0.5) is 12.9 Å². The third kappa shape index (κ3) is 3.57. The zero-order valence-electron chi connectivity index (χ0n) is 6.89. The van der Waals surface area contributed by atoms with Gasteiger partial charge in [-0.2, -0.15) is 0 Å². The maximum absolute atomic E-state index is 12.0. The summed E-state index contributed by atoms with van der Waals surface area (Å²) in [5.74, 6) is 0. The van der Waals surface area contributed by atoms with Gasteiger partial charge in [0, 0.05) is 5.69 Å². The molecule has 0 amide bonds. The van der Waals surface area contributed by atoms with E-state index < -0.39 is 12.6 Å². The first-order valence-corrected chi connectivity index (χ1v) is 3.13. The molecule has 12 heavy (non-hydrogen) atoms. The minimum Gasteiger partial charge on any atom is -0.444 e. The van der Waals surface area contributed by atoms with Crippen molar-refractivity contribution in [1.29, 1.82) is 0 Å². The average Bonchev–Trinajstić information content (AvgIpc) is 1.86. The van der Waals surface area contributed by atoms with Crippen LogP contribution in [0.25, 0.3) is 0 Å². The van der Waals surface area contributed by atoms with Gasteiger partial charge in [-0.25, -0.2) is 0 Å². The van der Waals surface area contributed by atoms with Gasteiger partial charge in [0.15, 0.2) is 0 Å². The number of nitrogens with zero attached hydrogens (tertiary/aromatic N) is 1. The molecule has 0 spiro atoms. The van der Waals surface area contributed by atoms with Crippen LogP contribution in [0.15, 0.2) is 18.2 Å². The van der Waals surface area contributed by atoms with Crippen molar-refractivity contribution < 1.29 is 64.3 Å². The standard InChI is InChI=1S/C6H6BF3N.K/c1-5-3-2-4-6(11-5)7(8,9)10;/h2-4H,1H3;/q-1;+1. The van der Waals surface area contributed by atoms with Crippen molar-refractivity contribution >= 4 is 12.6 Å². The molecule has 0 aliphatic heterocycles. The Balaban J connectivity index is 0.00000121. The van der Waals surface area contributed by atoms with Crippen molar-refractivity contribution in [1.82, 2.24) is 4.98 Å². The molecule has 0 aliphatic rings. The molecule has 0 atom stereocenters. The molecule has 0 aromatic carbocycles. The largest absolute Gasteiger partial charge is 1.00 e. The molecule has 0 radical (unpaired) electrons. The predicted molar refractivity (Wildman–Crippen MR) is 37.7 cm³/mol. The molecular formula is C6H6BF3KN. The van der Waals surface area contributed by atoms with Gasteiger partial charge < -0.3 is 12.9 Å². The van der Waals surface area contributed by atoms with Crippen molar-refractivity contribution in [3.63, 3.8) is 0 Å². The molecule has 1 heterocycles. The van der Waals surface area contributed by atoms with Crippen molar-refractivity contribution in [3.8, 4) is 0 Å². The van der Waals surface area contributed by atoms with Gasteiger partial charge in [-0.1, -0.05) is 12.1 Å². The zero-order chi connectivity index (χ0) is 8.48. The van der Waals surface area contributed by atoms with Gasteiger partial charge in [-0.3, -0.25) is 4.98 Å². The molecule has 1 nitrogen and oxygen atoms in total. The van der Waals surface area contributed by atoms with Crippen LogP contribution < -0.4 is 57.0 Å². The van der Waals surface area contributed by atoms with Gasteiger partial charge in [0.25, 0.3) is 0 Å². The molecule has 0 saturated heterocycles. The van der Waals surface area contributed by atoms with E-state index in [0.717, 1.165) is 6.07 Å². The summed E-state index contributed by atoms with van der Waals surface area (Å²) in [6.07, 6.45) is 0. The first-order valence-electron chi connectivity index (χ1n) is 3.13. The second-order valence-corrected chi connectivity index (χ2v) is 2.28. The third-order valence-electron chi connectivity index (χ3n) is 1.25. The summed E-state index contributed by atoms with van der Waals surface area (Å²) >= 11 is 0. The van der Waals surface area contributed by atoms with E-state index in [0.29, 0.717) is 5.69 Å². The quantitative estimate of drug-likeness (QED) is 0.499. The molecule has 60 valence electrons. The van der Waals surface area contributed by atoms with Gasteiger partial charge in [-0.15, -0.1) is 0 Å². The van der Waals surface area contributed by atoms with Crippen LogP contribution in [0.2, 0.25) is 0 Å². The monoisotopic (exact) mass is 199 g/mol. The van der Waals surface area contributed by atoms with E-state index in [4.69, 9.17) is 0 Å². The SMILES string of the molecule is Cc1cccc([B-](F)(F)F)n1.[K+]. The van der Waals surface area contributed by atoms with Crippen LogP contribution in [0.3, 0.4) is 0 Å². The van der Waals surface area contributed by atoms with E-state index in [1.54, 1.807) is 0 Å². The number of aryl methyl sites for hydroxylation is 1. The molecule has 0 aliphatic carbocycles. The van der Waals surface area contributed by atoms with E-state index in [1.807, 2.05) is 0 Å². The van der Waals surface area contributed by atoms with E-state index in [2.05, 4.69) is 4.98 Å². The molecule has 0 saturated carbocycles. The Morgan fingerprint density at radius 3 is 2.17 bits per heavy atom. The van der Waals surface area contributed by atoms with Crippen LogP contribution in [-0.2, 0) is 0 Å². The molecular weight excluding hydrogens is 193 g/mol. The maximum atomic E-state index is 12.0. The first kappa shape index (κ1) is 12.6. The van der Waals surface area contributed by atoms with Crippen molar-refractivity contribution in [2.45, 2.75) is 6.92 Å². The number of hydrogen-bond acceptors (Lipinski definition) is 1. The zero-order valence-corrected chi connectivity index (χ0v) is 10.0. The van der Waals surface area contributed by atoms with Crippen LogP contribution in [0.5, 0.6) is 0 Å². The van der Waals surface area contributed by atoms with Crippen molar-refractivity contribution in [3.05, 3.63) is 23.9 Å². The van der Waals surface area contributed by atoms with E-state index in [-0.39, 0.29) is 51.4 Å². The Kier molecular flexibility index (Phi) is 5.01. The second kappa shape index (κ2) is 4.76. The number of rotatable bonds is 1. The molecule has 0 fully saturated rings. The molecule has 6 heteroatoms. The number of hydrogen-bond donors (Lipinski definition) is 0. The van der Waals surface area contributed by atoms with E-state index in [1.165, 1.54) is 19.1 Å². The van der Waals surface area contributed by atoms with Gasteiger partial charge >= 0.3 is 58.4 Å². The molecule has 1 rings (SSSR count). The van der Waals surface area contributed by atoms with Crippen LogP contribution >= 0.6 is 0 Å². The Labute approximate surface area is 111 Å². The fourth-order valence-corrected chi connectivity index (χ4v) is 0.746. The third-order valence-corrected chi connectivity index (χ3v) is 1.25. The summed E-state index contributed by atoms with van der Waals surface area (Å²) in [5, 5.41) is 0. The Morgan fingerprint density at radius 2 is 1.83 bits per heavy atom.